The number of hydrogen-bond acceptors (Lipinski definition) is 4. The molecule has 1 N–H and O–H groups in total. The van der Waals surface area contributed by atoms with Crippen LogP contribution >= 0.6 is 0 Å². The van der Waals surface area contributed by atoms with E-state index in [1.165, 1.54) is 0 Å². The van der Waals surface area contributed by atoms with Crippen LogP contribution in [-0.2, 0) is 14.5 Å². The minimum Gasteiger partial charge on any atom is -0.390 e. The third kappa shape index (κ3) is 1.21. The Morgan fingerprint density at radius 2 is 2.12 bits per heavy atom. The number of ether oxygens (including phenoxy) is 1. The Hall–Kier alpha value is -0.580. The first kappa shape index (κ1) is 10.6. The summed E-state index contributed by atoms with van der Waals surface area (Å²) in [5, 5.41) is 10.2. The molecule has 0 amide bonds. The normalized spacial score (nSPS) is 49.2. The molecule has 1 unspecified atom stereocenters. The third-order valence-corrected chi connectivity index (χ3v) is 4.27. The van der Waals surface area contributed by atoms with Gasteiger partial charge in [-0.05, 0) is 25.2 Å². The molecule has 3 rings (SSSR count). The van der Waals surface area contributed by atoms with Crippen LogP contribution in [0, 0.1) is 11.3 Å². The van der Waals surface area contributed by atoms with E-state index in [0.29, 0.717) is 0 Å². The third-order valence-electron chi connectivity index (χ3n) is 4.27. The molecule has 1 aliphatic carbocycles. The lowest BCUT2D eigenvalue weighted by Crippen LogP contribution is -2.59. The molecule has 1 fully saturated rings. The van der Waals surface area contributed by atoms with Crippen molar-refractivity contribution in [2.45, 2.75) is 51.6 Å². The minimum absolute atomic E-state index is 0.0541. The molecule has 90 valence electrons. The molecule has 4 atom stereocenters. The van der Waals surface area contributed by atoms with Crippen molar-refractivity contribution in [3.63, 3.8) is 0 Å². The van der Waals surface area contributed by atoms with Gasteiger partial charge in [0.05, 0.1) is 12.0 Å². The van der Waals surface area contributed by atoms with Gasteiger partial charge >= 0.3 is 0 Å². The maximum absolute atomic E-state index is 10.2. The molecule has 1 saturated carbocycles. The highest BCUT2D eigenvalue weighted by Crippen LogP contribution is 2.55. The summed E-state index contributed by atoms with van der Waals surface area (Å²) in [6, 6.07) is 0. The van der Waals surface area contributed by atoms with Crippen molar-refractivity contribution in [3.8, 4) is 0 Å². The van der Waals surface area contributed by atoms with Gasteiger partial charge in [-0.3, -0.25) is 0 Å². The van der Waals surface area contributed by atoms with E-state index in [2.05, 4.69) is 13.8 Å². The average molecular weight is 226 g/mol. The van der Waals surface area contributed by atoms with Crippen LogP contribution in [0.3, 0.4) is 0 Å². The zero-order valence-corrected chi connectivity index (χ0v) is 9.90. The van der Waals surface area contributed by atoms with Crippen LogP contribution in [0.4, 0.5) is 0 Å². The summed E-state index contributed by atoms with van der Waals surface area (Å²) in [4.78, 5) is 10.3. The summed E-state index contributed by atoms with van der Waals surface area (Å²) in [5.74, 6) is 0.880. The number of aliphatic hydroxyl groups excluding tert-OH is 1. The van der Waals surface area contributed by atoms with Crippen LogP contribution < -0.4 is 0 Å². The van der Waals surface area contributed by atoms with E-state index in [4.69, 9.17) is 14.5 Å². The number of aliphatic hydroxyl groups is 1. The number of hydrogen-bond donors (Lipinski definition) is 1. The standard InChI is InChI=1S/C12H18O4/c1-11(2)5-4-8(13)12(3)10(11)7-6-9(14-12)16-15-7/h6,8-10,13H,4-5H2,1-3H3/t8-,9-,10?,12+/m1/s1. The second kappa shape index (κ2) is 3.00. The molecular weight excluding hydrogens is 208 g/mol. The van der Waals surface area contributed by atoms with Crippen molar-refractivity contribution in [1.82, 2.24) is 0 Å². The van der Waals surface area contributed by atoms with E-state index in [9.17, 15) is 5.11 Å². The maximum Gasteiger partial charge on any atom is 0.226 e. The van der Waals surface area contributed by atoms with Gasteiger partial charge in [0.1, 0.15) is 11.4 Å². The van der Waals surface area contributed by atoms with Gasteiger partial charge in [-0.25, -0.2) is 0 Å². The first-order valence-electron chi connectivity index (χ1n) is 5.84. The average Bonchev–Trinajstić information content (AvgIpc) is 2.55. The van der Waals surface area contributed by atoms with Gasteiger partial charge in [0.2, 0.25) is 6.29 Å². The van der Waals surface area contributed by atoms with E-state index >= 15 is 0 Å². The predicted octanol–water partition coefficient (Wildman–Crippen LogP) is 1.74. The monoisotopic (exact) mass is 226 g/mol. The summed E-state index contributed by atoms with van der Waals surface area (Å²) < 4.78 is 5.84. The Morgan fingerprint density at radius 3 is 2.88 bits per heavy atom. The molecule has 4 nitrogen and oxygen atoms in total. The number of rotatable bonds is 0. The molecule has 4 heteroatoms. The van der Waals surface area contributed by atoms with Gasteiger partial charge in [-0.2, -0.15) is 4.89 Å². The SMILES string of the molecule is CC1(C)CC[C@@H](O)[C@]2(C)O[C@H]3C=C(OO3)C12. The van der Waals surface area contributed by atoms with Crippen LogP contribution in [0.5, 0.6) is 0 Å². The van der Waals surface area contributed by atoms with Crippen LogP contribution in [-0.4, -0.2) is 23.1 Å². The summed E-state index contributed by atoms with van der Waals surface area (Å²) in [6.07, 6.45) is 2.68. The summed E-state index contributed by atoms with van der Waals surface area (Å²) >= 11 is 0. The fourth-order valence-electron chi connectivity index (χ4n) is 3.46. The highest BCUT2D eigenvalue weighted by atomic mass is 17.2. The summed E-state index contributed by atoms with van der Waals surface area (Å²) in [5.41, 5.74) is -0.536. The van der Waals surface area contributed by atoms with Crippen molar-refractivity contribution in [1.29, 1.82) is 0 Å². The maximum atomic E-state index is 10.2. The molecule has 3 aliphatic rings. The van der Waals surface area contributed by atoms with Crippen molar-refractivity contribution in [3.05, 3.63) is 11.8 Å². The van der Waals surface area contributed by atoms with Gasteiger partial charge in [-0.15, -0.1) is 0 Å². The Bertz CT molecular complexity index is 349. The van der Waals surface area contributed by atoms with Crippen LogP contribution in [0.15, 0.2) is 11.8 Å². The van der Waals surface area contributed by atoms with Crippen LogP contribution in [0.25, 0.3) is 0 Å². The Morgan fingerprint density at radius 1 is 1.38 bits per heavy atom. The van der Waals surface area contributed by atoms with Gasteiger partial charge in [-0.1, -0.05) is 13.8 Å². The largest absolute Gasteiger partial charge is 0.390 e. The molecule has 2 heterocycles. The zero-order valence-electron chi connectivity index (χ0n) is 9.90. The Kier molecular flexibility index (Phi) is 1.98. The van der Waals surface area contributed by atoms with Gasteiger partial charge in [0, 0.05) is 6.08 Å². The lowest BCUT2D eigenvalue weighted by atomic mass is 9.59. The predicted molar refractivity (Wildman–Crippen MR) is 56.0 cm³/mol. The molecule has 0 saturated heterocycles. The molecule has 0 spiro atoms. The fraction of sp³-hybridized carbons (Fsp3) is 0.833. The molecule has 0 aromatic rings. The quantitative estimate of drug-likeness (QED) is 0.639. The fourth-order valence-corrected chi connectivity index (χ4v) is 3.46. The first-order chi connectivity index (χ1) is 7.43. The first-order valence-corrected chi connectivity index (χ1v) is 5.84. The van der Waals surface area contributed by atoms with Crippen molar-refractivity contribution in [2.75, 3.05) is 0 Å². The van der Waals surface area contributed by atoms with E-state index in [-0.39, 0.29) is 11.3 Å². The Labute approximate surface area is 95.1 Å². The van der Waals surface area contributed by atoms with E-state index in [1.54, 1.807) is 0 Å². The van der Waals surface area contributed by atoms with Crippen molar-refractivity contribution in [2.24, 2.45) is 11.3 Å². The summed E-state index contributed by atoms with van der Waals surface area (Å²) in [7, 11) is 0. The van der Waals surface area contributed by atoms with Crippen LogP contribution in [0.2, 0.25) is 0 Å². The zero-order chi connectivity index (χ0) is 11.6. The number of fused-ring (bicyclic) bond motifs is 3. The molecule has 0 aromatic heterocycles. The topological polar surface area (TPSA) is 47.9 Å². The van der Waals surface area contributed by atoms with Gasteiger partial charge < -0.3 is 14.7 Å². The van der Waals surface area contributed by atoms with Gasteiger partial charge in [0.15, 0.2) is 0 Å². The van der Waals surface area contributed by atoms with E-state index in [1.807, 2.05) is 13.0 Å². The molecule has 2 bridgehead atoms. The molecule has 0 aromatic carbocycles. The van der Waals surface area contributed by atoms with Crippen molar-refractivity contribution < 1.29 is 19.6 Å². The molecule has 16 heavy (non-hydrogen) atoms. The van der Waals surface area contributed by atoms with E-state index < -0.39 is 18.0 Å². The van der Waals surface area contributed by atoms with Crippen LogP contribution in [0.1, 0.15) is 33.6 Å². The van der Waals surface area contributed by atoms with Gasteiger partial charge in [0.25, 0.3) is 0 Å². The molecular formula is C12H18O4. The van der Waals surface area contributed by atoms with Crippen molar-refractivity contribution >= 4 is 0 Å². The second-order valence-electron chi connectivity index (χ2n) is 5.89. The highest BCUT2D eigenvalue weighted by molar-refractivity contribution is 5.20. The molecule has 0 radical (unpaired) electrons. The smallest absolute Gasteiger partial charge is 0.226 e. The summed E-state index contributed by atoms with van der Waals surface area (Å²) in [6.45, 7) is 6.34. The lowest BCUT2D eigenvalue weighted by Gasteiger charge is -2.52. The minimum atomic E-state index is -0.590. The second-order valence-corrected chi connectivity index (χ2v) is 5.89. The highest BCUT2D eigenvalue weighted by Gasteiger charge is 2.60. The lowest BCUT2D eigenvalue weighted by molar-refractivity contribution is -0.327. The Balaban J connectivity index is 2.07. The van der Waals surface area contributed by atoms with E-state index in [0.717, 1.165) is 18.6 Å². The molecule has 2 aliphatic heterocycles.